The van der Waals surface area contributed by atoms with Crippen LogP contribution in [0.15, 0.2) is 70.9 Å². The van der Waals surface area contributed by atoms with Crippen LogP contribution in [-0.4, -0.2) is 30.7 Å². The lowest BCUT2D eigenvalue weighted by molar-refractivity contribution is -0.139. The van der Waals surface area contributed by atoms with Gasteiger partial charge >= 0.3 is 5.97 Å². The number of nitrogens with one attached hydrogen (secondary N) is 1. The molecule has 0 saturated heterocycles. The molecule has 3 rings (SSSR count). The highest BCUT2D eigenvalue weighted by Crippen LogP contribution is 2.22. The maximum absolute atomic E-state index is 13.5. The van der Waals surface area contributed by atoms with Gasteiger partial charge in [-0.05, 0) is 24.3 Å². The second-order valence-corrected chi connectivity index (χ2v) is 6.46. The van der Waals surface area contributed by atoms with Gasteiger partial charge in [0, 0.05) is 16.3 Å². The number of rotatable bonds is 7. The van der Waals surface area contributed by atoms with Gasteiger partial charge in [-0.3, -0.25) is 4.79 Å². The van der Waals surface area contributed by atoms with E-state index in [1.165, 1.54) is 17.8 Å². The average Bonchev–Trinajstić information content (AvgIpc) is 3.01. The molecule has 2 aromatic carbocycles. The molecule has 0 spiro atoms. The summed E-state index contributed by atoms with van der Waals surface area (Å²) in [7, 11) is 0. The molecule has 0 amide bonds. The molecular formula is C19H16FNO4S. The summed E-state index contributed by atoms with van der Waals surface area (Å²) < 4.78 is 23.9. The van der Waals surface area contributed by atoms with Gasteiger partial charge in [-0.1, -0.05) is 30.3 Å². The summed E-state index contributed by atoms with van der Waals surface area (Å²) in [4.78, 5) is 24.6. The van der Waals surface area contributed by atoms with Gasteiger partial charge in [0.25, 0.3) is 0 Å². The summed E-state index contributed by atoms with van der Waals surface area (Å²) in [6.45, 7) is -0.156. The van der Waals surface area contributed by atoms with E-state index in [1.54, 1.807) is 30.3 Å². The summed E-state index contributed by atoms with van der Waals surface area (Å²) in [5.41, 5.74) is 0.558. The number of anilines is 1. The van der Waals surface area contributed by atoms with Crippen molar-refractivity contribution in [2.75, 3.05) is 24.3 Å². The quantitative estimate of drug-likeness (QED) is 0.347. The molecule has 1 aliphatic rings. The van der Waals surface area contributed by atoms with Crippen LogP contribution in [0.25, 0.3) is 0 Å². The maximum Gasteiger partial charge on any atom is 0.347 e. The number of carbonyl (C=O) groups excluding carboxylic acids is 2. The minimum absolute atomic E-state index is 0.0488. The van der Waals surface area contributed by atoms with Crippen LogP contribution >= 0.6 is 11.8 Å². The summed E-state index contributed by atoms with van der Waals surface area (Å²) in [6, 6.07) is 15.4. The lowest BCUT2D eigenvalue weighted by Crippen LogP contribution is -2.17. The molecule has 7 heteroatoms. The fourth-order valence-electron chi connectivity index (χ4n) is 2.29. The van der Waals surface area contributed by atoms with Gasteiger partial charge in [0.15, 0.2) is 12.2 Å². The molecule has 0 aliphatic carbocycles. The zero-order chi connectivity index (χ0) is 18.4. The highest BCUT2D eigenvalue weighted by Gasteiger charge is 2.32. The number of thioether (sulfide) groups is 1. The standard InChI is InChI=1S/C19H16FNO4S/c20-14-8-4-5-9-16(14)26-11-10-24-19(23)17-15(22)12-25-18(17)21-13-6-2-1-3-7-13/h1-9,21H,10-12H2. The number of halogens is 1. The SMILES string of the molecule is O=C1COC(Nc2ccccc2)=C1C(=O)OCCSc1ccccc1F. The molecule has 0 radical (unpaired) electrons. The van der Waals surface area contributed by atoms with Crippen molar-refractivity contribution in [2.24, 2.45) is 0 Å². The Morgan fingerprint density at radius 1 is 1.15 bits per heavy atom. The van der Waals surface area contributed by atoms with Crippen molar-refractivity contribution in [1.82, 2.24) is 0 Å². The highest BCUT2D eigenvalue weighted by atomic mass is 32.2. The zero-order valence-corrected chi connectivity index (χ0v) is 14.6. The van der Waals surface area contributed by atoms with E-state index < -0.39 is 11.8 Å². The monoisotopic (exact) mass is 373 g/mol. The Hall–Kier alpha value is -2.80. The van der Waals surface area contributed by atoms with E-state index >= 15 is 0 Å². The molecule has 0 saturated carbocycles. The van der Waals surface area contributed by atoms with E-state index in [4.69, 9.17) is 9.47 Å². The predicted molar refractivity (Wildman–Crippen MR) is 96.1 cm³/mol. The summed E-state index contributed by atoms with van der Waals surface area (Å²) in [5, 5.41) is 2.91. The van der Waals surface area contributed by atoms with E-state index in [9.17, 15) is 14.0 Å². The second kappa shape index (κ2) is 8.53. The van der Waals surface area contributed by atoms with E-state index in [-0.39, 0.29) is 30.5 Å². The van der Waals surface area contributed by atoms with Crippen molar-refractivity contribution in [3.05, 3.63) is 71.9 Å². The van der Waals surface area contributed by atoms with Crippen molar-refractivity contribution in [1.29, 1.82) is 0 Å². The first-order valence-electron chi connectivity index (χ1n) is 7.92. The number of ketones is 1. The fraction of sp³-hybridized carbons (Fsp3) is 0.158. The van der Waals surface area contributed by atoms with E-state index in [0.717, 1.165) is 0 Å². The van der Waals surface area contributed by atoms with Gasteiger partial charge < -0.3 is 14.8 Å². The minimum atomic E-state index is -0.750. The molecule has 2 aromatic rings. The summed E-state index contributed by atoms with van der Waals surface area (Å²) >= 11 is 1.24. The molecule has 26 heavy (non-hydrogen) atoms. The number of ether oxygens (including phenoxy) is 2. The van der Waals surface area contributed by atoms with Crippen LogP contribution < -0.4 is 5.32 Å². The normalized spacial score (nSPS) is 13.5. The van der Waals surface area contributed by atoms with Gasteiger partial charge in [-0.15, -0.1) is 11.8 Å². The zero-order valence-electron chi connectivity index (χ0n) is 13.7. The first-order valence-corrected chi connectivity index (χ1v) is 8.90. The molecule has 0 aromatic heterocycles. The molecule has 1 heterocycles. The largest absolute Gasteiger partial charge is 0.470 e. The number of carbonyl (C=O) groups is 2. The molecule has 5 nitrogen and oxygen atoms in total. The van der Waals surface area contributed by atoms with Gasteiger partial charge in [0.2, 0.25) is 11.7 Å². The number of para-hydroxylation sites is 1. The van der Waals surface area contributed by atoms with Gasteiger partial charge in [-0.2, -0.15) is 0 Å². The van der Waals surface area contributed by atoms with Crippen LogP contribution in [0, 0.1) is 5.82 Å². The third-order valence-electron chi connectivity index (χ3n) is 3.50. The molecule has 0 unspecified atom stereocenters. The molecule has 134 valence electrons. The number of Topliss-reactive ketones (excluding diaryl/α,β-unsaturated/α-hetero) is 1. The Balaban J connectivity index is 1.57. The number of hydrogen-bond acceptors (Lipinski definition) is 6. The fourth-order valence-corrected chi connectivity index (χ4v) is 3.05. The molecule has 1 N–H and O–H groups in total. The van der Waals surface area contributed by atoms with E-state index in [0.29, 0.717) is 16.3 Å². The molecule has 1 aliphatic heterocycles. The second-order valence-electron chi connectivity index (χ2n) is 5.32. The smallest absolute Gasteiger partial charge is 0.347 e. The average molecular weight is 373 g/mol. The Bertz CT molecular complexity index is 838. The summed E-state index contributed by atoms with van der Waals surface area (Å²) in [6.07, 6.45) is 0. The molecule has 0 atom stereocenters. The number of hydrogen-bond donors (Lipinski definition) is 1. The molecule has 0 bridgehead atoms. The number of benzene rings is 2. The molecular weight excluding hydrogens is 357 g/mol. The predicted octanol–water partition coefficient (Wildman–Crippen LogP) is 3.38. The van der Waals surface area contributed by atoms with Crippen molar-refractivity contribution < 1.29 is 23.5 Å². The Morgan fingerprint density at radius 3 is 2.65 bits per heavy atom. The third-order valence-corrected chi connectivity index (χ3v) is 4.51. The highest BCUT2D eigenvalue weighted by molar-refractivity contribution is 7.99. The Kier molecular flexibility index (Phi) is 5.91. The van der Waals surface area contributed by atoms with Crippen LogP contribution in [0.1, 0.15) is 0 Å². The first-order chi connectivity index (χ1) is 12.6. The lowest BCUT2D eigenvalue weighted by atomic mass is 10.2. The summed E-state index contributed by atoms with van der Waals surface area (Å²) in [5.74, 6) is -1.04. The van der Waals surface area contributed by atoms with Gasteiger partial charge in [-0.25, -0.2) is 9.18 Å². The molecule has 0 fully saturated rings. The van der Waals surface area contributed by atoms with E-state index in [1.807, 2.05) is 18.2 Å². The van der Waals surface area contributed by atoms with Crippen LogP contribution in [0.3, 0.4) is 0 Å². The van der Waals surface area contributed by atoms with Crippen molar-refractivity contribution >= 4 is 29.2 Å². The Morgan fingerprint density at radius 2 is 1.88 bits per heavy atom. The minimum Gasteiger partial charge on any atom is -0.470 e. The van der Waals surface area contributed by atoms with Crippen LogP contribution in [0.5, 0.6) is 0 Å². The van der Waals surface area contributed by atoms with Crippen LogP contribution in [-0.2, 0) is 19.1 Å². The van der Waals surface area contributed by atoms with Gasteiger partial charge in [0.1, 0.15) is 12.4 Å². The first kappa shape index (κ1) is 18.0. The lowest BCUT2D eigenvalue weighted by Gasteiger charge is -2.09. The van der Waals surface area contributed by atoms with Crippen LogP contribution in [0.2, 0.25) is 0 Å². The number of esters is 1. The van der Waals surface area contributed by atoms with Crippen LogP contribution in [0.4, 0.5) is 10.1 Å². The van der Waals surface area contributed by atoms with Crippen molar-refractivity contribution in [3.8, 4) is 0 Å². The Labute approximate surface area is 154 Å². The van der Waals surface area contributed by atoms with Crippen molar-refractivity contribution in [3.63, 3.8) is 0 Å². The van der Waals surface area contributed by atoms with Crippen molar-refractivity contribution in [2.45, 2.75) is 4.90 Å². The topological polar surface area (TPSA) is 64.6 Å². The maximum atomic E-state index is 13.5. The van der Waals surface area contributed by atoms with Gasteiger partial charge in [0.05, 0.1) is 0 Å². The van der Waals surface area contributed by atoms with E-state index in [2.05, 4.69) is 5.32 Å². The third kappa shape index (κ3) is 4.43.